The van der Waals surface area contributed by atoms with Gasteiger partial charge in [-0.1, -0.05) is 0 Å². The van der Waals surface area contributed by atoms with Crippen LogP contribution in [-0.4, -0.2) is 28.7 Å². The van der Waals surface area contributed by atoms with Crippen LogP contribution in [0.4, 0.5) is 0 Å². The summed E-state index contributed by atoms with van der Waals surface area (Å²) in [5.74, 6) is 1.29. The summed E-state index contributed by atoms with van der Waals surface area (Å²) in [4.78, 5) is 4.71. The van der Waals surface area contributed by atoms with Gasteiger partial charge in [-0.15, -0.1) is 0 Å². The highest BCUT2D eigenvalue weighted by Crippen LogP contribution is 2.34. The summed E-state index contributed by atoms with van der Waals surface area (Å²) in [6.45, 7) is 1.88. The van der Waals surface area contributed by atoms with Gasteiger partial charge in [0, 0.05) is 16.2 Å². The van der Waals surface area contributed by atoms with Gasteiger partial charge >= 0.3 is 0 Å². The summed E-state index contributed by atoms with van der Waals surface area (Å²) in [6.07, 6.45) is 1.91. The maximum atomic E-state index is 9.84. The lowest BCUT2D eigenvalue weighted by atomic mass is 10.1. The summed E-state index contributed by atoms with van der Waals surface area (Å²) < 4.78 is 13.5. The minimum Gasteiger partial charge on any atom is -0.493 e. The van der Waals surface area contributed by atoms with Crippen LogP contribution in [0.3, 0.4) is 0 Å². The second-order valence-corrected chi connectivity index (χ2v) is 6.09. The third-order valence-electron chi connectivity index (χ3n) is 3.78. The fourth-order valence-corrected chi connectivity index (χ4v) is 3.23. The molecule has 23 heavy (non-hydrogen) atoms. The Bertz CT molecular complexity index is 874. The molecule has 0 radical (unpaired) electrons. The van der Waals surface area contributed by atoms with Crippen LogP contribution in [0, 0.1) is 6.92 Å². The number of fused-ring (bicyclic) bond motifs is 1. The number of ether oxygens (including phenoxy) is 2. The lowest BCUT2D eigenvalue weighted by molar-refractivity contribution is 0.276. The smallest absolute Gasteiger partial charge is 0.161 e. The summed E-state index contributed by atoms with van der Waals surface area (Å²) in [5, 5.41) is 9.84. The van der Waals surface area contributed by atoms with E-state index in [1.807, 2.05) is 41.8 Å². The highest BCUT2D eigenvalue weighted by Gasteiger charge is 2.17. The Hall–Kier alpha value is -2.05. The molecule has 0 saturated carbocycles. The number of aryl methyl sites for hydroxylation is 1. The Morgan fingerprint density at radius 2 is 1.91 bits per heavy atom. The largest absolute Gasteiger partial charge is 0.493 e. The normalized spacial score (nSPS) is 11.0. The summed E-state index contributed by atoms with van der Waals surface area (Å²) in [7, 11) is 3.20. The van der Waals surface area contributed by atoms with Gasteiger partial charge in [-0.05, 0) is 52.7 Å². The number of aromatic nitrogens is 2. The maximum absolute atomic E-state index is 9.84. The first-order chi connectivity index (χ1) is 11.1. The van der Waals surface area contributed by atoms with Crippen molar-refractivity contribution in [2.75, 3.05) is 14.2 Å². The molecule has 5 nitrogen and oxygen atoms in total. The van der Waals surface area contributed by atoms with Crippen LogP contribution in [0.25, 0.3) is 16.9 Å². The van der Waals surface area contributed by atoms with E-state index >= 15 is 0 Å². The van der Waals surface area contributed by atoms with Crippen molar-refractivity contribution in [3.63, 3.8) is 0 Å². The van der Waals surface area contributed by atoms with E-state index in [1.54, 1.807) is 14.2 Å². The van der Waals surface area contributed by atoms with Crippen molar-refractivity contribution in [1.82, 2.24) is 9.38 Å². The second-order valence-electron chi connectivity index (χ2n) is 5.17. The average Bonchev–Trinajstić information content (AvgIpc) is 2.92. The molecule has 0 aliphatic carbocycles. The summed E-state index contributed by atoms with van der Waals surface area (Å²) in [6, 6.07) is 7.61. The van der Waals surface area contributed by atoms with Gasteiger partial charge in [0.1, 0.15) is 5.65 Å². The van der Waals surface area contributed by atoms with Crippen LogP contribution < -0.4 is 9.47 Å². The number of aliphatic hydroxyl groups is 1. The number of hydrogen-bond acceptors (Lipinski definition) is 4. The second kappa shape index (κ2) is 6.22. The molecule has 0 amide bonds. The maximum Gasteiger partial charge on any atom is 0.161 e. The first kappa shape index (κ1) is 15.8. The highest BCUT2D eigenvalue weighted by atomic mass is 79.9. The van der Waals surface area contributed by atoms with Crippen molar-refractivity contribution in [1.29, 1.82) is 0 Å². The van der Waals surface area contributed by atoms with Gasteiger partial charge in [0.05, 0.1) is 32.2 Å². The van der Waals surface area contributed by atoms with E-state index in [9.17, 15) is 5.11 Å². The van der Waals surface area contributed by atoms with Gasteiger partial charge in [-0.2, -0.15) is 0 Å². The fraction of sp³-hybridized carbons (Fsp3) is 0.235. The van der Waals surface area contributed by atoms with Crippen LogP contribution in [-0.2, 0) is 6.61 Å². The third kappa shape index (κ3) is 2.68. The molecule has 0 saturated heterocycles. The molecule has 3 aromatic rings. The first-order valence-corrected chi connectivity index (χ1v) is 7.88. The van der Waals surface area contributed by atoms with E-state index in [0.717, 1.165) is 32.6 Å². The molecule has 0 fully saturated rings. The van der Waals surface area contributed by atoms with E-state index < -0.39 is 0 Å². The van der Waals surface area contributed by atoms with E-state index in [4.69, 9.17) is 14.5 Å². The predicted molar refractivity (Wildman–Crippen MR) is 92.1 cm³/mol. The Balaban J connectivity index is 2.26. The van der Waals surface area contributed by atoms with E-state index in [2.05, 4.69) is 15.9 Å². The topological polar surface area (TPSA) is 56.0 Å². The zero-order valence-corrected chi connectivity index (χ0v) is 14.7. The zero-order valence-electron chi connectivity index (χ0n) is 13.1. The first-order valence-electron chi connectivity index (χ1n) is 7.09. The fourth-order valence-electron chi connectivity index (χ4n) is 2.68. The summed E-state index contributed by atoms with van der Waals surface area (Å²) >= 11 is 3.49. The quantitative estimate of drug-likeness (QED) is 0.755. The number of imidazole rings is 1. The van der Waals surface area contributed by atoms with Gasteiger partial charge < -0.3 is 14.6 Å². The number of nitrogens with zero attached hydrogens (tertiary/aromatic N) is 2. The van der Waals surface area contributed by atoms with Crippen LogP contribution in [0.2, 0.25) is 0 Å². The van der Waals surface area contributed by atoms with Crippen LogP contribution in [0.5, 0.6) is 11.5 Å². The monoisotopic (exact) mass is 376 g/mol. The molecule has 120 valence electrons. The number of hydrogen-bond donors (Lipinski definition) is 1. The Labute approximate surface area is 142 Å². The number of rotatable bonds is 4. The number of halogens is 1. The summed E-state index contributed by atoms with van der Waals surface area (Å²) in [5.41, 5.74) is 4.18. The molecule has 0 bridgehead atoms. The van der Waals surface area contributed by atoms with Gasteiger partial charge in [0.15, 0.2) is 11.5 Å². The van der Waals surface area contributed by atoms with Crippen molar-refractivity contribution in [3.8, 4) is 22.8 Å². The van der Waals surface area contributed by atoms with Crippen molar-refractivity contribution in [2.24, 2.45) is 0 Å². The molecular weight excluding hydrogens is 360 g/mol. The molecule has 0 aliphatic heterocycles. The molecule has 0 atom stereocenters. The van der Waals surface area contributed by atoms with Gasteiger partial charge in [-0.25, -0.2) is 4.98 Å². The molecule has 3 rings (SSSR count). The molecule has 0 spiro atoms. The molecule has 6 heteroatoms. The third-order valence-corrected chi connectivity index (χ3v) is 4.21. The SMILES string of the molecule is COc1ccc(-c2nc3c(C)cc(Br)cn3c2CO)cc1OC. The Morgan fingerprint density at radius 3 is 2.57 bits per heavy atom. The molecule has 1 aromatic carbocycles. The highest BCUT2D eigenvalue weighted by molar-refractivity contribution is 9.10. The number of aliphatic hydroxyl groups excluding tert-OH is 1. The van der Waals surface area contributed by atoms with Gasteiger partial charge in [-0.3, -0.25) is 4.40 Å². The van der Waals surface area contributed by atoms with E-state index in [1.165, 1.54) is 0 Å². The Morgan fingerprint density at radius 1 is 1.17 bits per heavy atom. The van der Waals surface area contributed by atoms with Crippen LogP contribution in [0.1, 0.15) is 11.3 Å². The lowest BCUT2D eigenvalue weighted by Crippen LogP contribution is -1.96. The molecule has 1 N–H and O–H groups in total. The lowest BCUT2D eigenvalue weighted by Gasteiger charge is -2.09. The minimum absolute atomic E-state index is 0.110. The van der Waals surface area contributed by atoms with Gasteiger partial charge in [0.2, 0.25) is 0 Å². The number of methoxy groups -OCH3 is 2. The number of benzene rings is 1. The van der Waals surface area contributed by atoms with E-state index in [0.29, 0.717) is 11.5 Å². The minimum atomic E-state index is -0.110. The van der Waals surface area contributed by atoms with Crippen molar-refractivity contribution in [3.05, 3.63) is 46.2 Å². The average molecular weight is 377 g/mol. The van der Waals surface area contributed by atoms with Crippen molar-refractivity contribution >= 4 is 21.6 Å². The molecule has 2 aromatic heterocycles. The van der Waals surface area contributed by atoms with Crippen LogP contribution >= 0.6 is 15.9 Å². The van der Waals surface area contributed by atoms with Gasteiger partial charge in [0.25, 0.3) is 0 Å². The molecule has 0 unspecified atom stereocenters. The Kier molecular flexibility index (Phi) is 4.28. The van der Waals surface area contributed by atoms with Crippen molar-refractivity contribution < 1.29 is 14.6 Å². The molecule has 2 heterocycles. The van der Waals surface area contributed by atoms with Crippen LogP contribution in [0.15, 0.2) is 34.9 Å². The number of pyridine rings is 1. The zero-order chi connectivity index (χ0) is 16.6. The standard InChI is InChI=1S/C17H17BrN2O3/c1-10-6-12(18)8-20-13(9-21)16(19-17(10)20)11-4-5-14(22-2)15(7-11)23-3/h4-8,21H,9H2,1-3H3. The van der Waals surface area contributed by atoms with E-state index in [-0.39, 0.29) is 6.61 Å². The molecular formula is C17H17BrN2O3. The molecule has 0 aliphatic rings. The van der Waals surface area contributed by atoms with Crippen molar-refractivity contribution in [2.45, 2.75) is 13.5 Å². The predicted octanol–water partition coefficient (Wildman–Crippen LogP) is 3.58.